The molecule has 5 rings (SSSR count). The molecule has 8 nitrogen and oxygen atoms in total. The summed E-state index contributed by atoms with van der Waals surface area (Å²) in [5.74, 6) is 1.18. The summed E-state index contributed by atoms with van der Waals surface area (Å²) in [5, 5.41) is 0. The normalized spacial score (nSPS) is 10.5. The molecule has 0 aliphatic heterocycles. The molecule has 0 unspecified atom stereocenters. The molecule has 2 amide bonds. The van der Waals surface area contributed by atoms with Crippen LogP contribution >= 0.6 is 0 Å². The van der Waals surface area contributed by atoms with E-state index in [4.69, 9.17) is 20.9 Å². The highest BCUT2D eigenvalue weighted by atomic mass is 16.5. The number of hydrogen-bond donors (Lipinski definition) is 2. The van der Waals surface area contributed by atoms with E-state index in [-0.39, 0.29) is 11.1 Å². The second-order valence-electron chi connectivity index (χ2n) is 8.26. The Labute approximate surface area is 218 Å². The molecule has 0 spiro atoms. The smallest absolute Gasteiger partial charge is 0.249 e. The second-order valence-corrected chi connectivity index (χ2v) is 8.26. The molecule has 0 fully saturated rings. The van der Waals surface area contributed by atoms with Crippen molar-refractivity contribution in [3.63, 3.8) is 0 Å². The Morgan fingerprint density at radius 3 is 1.11 bits per heavy atom. The molecule has 0 radical (unpaired) electrons. The summed E-state index contributed by atoms with van der Waals surface area (Å²) in [4.78, 5) is 32.9. The quantitative estimate of drug-likeness (QED) is 0.284. The van der Waals surface area contributed by atoms with Gasteiger partial charge in [0.25, 0.3) is 0 Å². The predicted octanol–water partition coefficient (Wildman–Crippen LogP) is 5.59. The average Bonchev–Trinajstić information content (AvgIpc) is 2.94. The lowest BCUT2D eigenvalue weighted by Gasteiger charge is -2.18. The van der Waals surface area contributed by atoms with Crippen LogP contribution in [0.4, 0.5) is 0 Å². The van der Waals surface area contributed by atoms with Crippen molar-refractivity contribution in [1.82, 2.24) is 9.97 Å². The summed E-state index contributed by atoms with van der Waals surface area (Å²) < 4.78 is 11.7. The molecule has 8 heteroatoms. The van der Waals surface area contributed by atoms with Crippen LogP contribution in [0, 0.1) is 0 Å². The number of ether oxygens (including phenoxy) is 2. The number of benzene rings is 3. The fourth-order valence-corrected chi connectivity index (χ4v) is 4.08. The zero-order valence-electron chi connectivity index (χ0n) is 20.1. The van der Waals surface area contributed by atoms with Gasteiger partial charge in [0.2, 0.25) is 11.8 Å². The van der Waals surface area contributed by atoms with Gasteiger partial charge in [-0.1, -0.05) is 24.3 Å². The average molecular weight is 503 g/mol. The largest absolute Gasteiger partial charge is 0.457 e. The minimum atomic E-state index is -0.632. The zero-order valence-corrected chi connectivity index (χ0v) is 20.1. The highest BCUT2D eigenvalue weighted by Gasteiger charge is 2.22. The van der Waals surface area contributed by atoms with E-state index >= 15 is 0 Å². The summed E-state index contributed by atoms with van der Waals surface area (Å²) in [6.45, 7) is 0. The van der Waals surface area contributed by atoms with Crippen LogP contribution in [0.3, 0.4) is 0 Å². The molecule has 0 saturated heterocycles. The Morgan fingerprint density at radius 1 is 0.474 bits per heavy atom. The zero-order chi connectivity index (χ0) is 26.5. The first kappa shape index (κ1) is 24.2. The van der Waals surface area contributed by atoms with Crippen LogP contribution in [0.15, 0.2) is 110 Å². The van der Waals surface area contributed by atoms with Crippen molar-refractivity contribution in [2.45, 2.75) is 0 Å². The first-order valence-electron chi connectivity index (χ1n) is 11.6. The molecule has 5 aromatic rings. The van der Waals surface area contributed by atoms with Crippen LogP contribution in [-0.4, -0.2) is 21.8 Å². The van der Waals surface area contributed by atoms with E-state index in [1.165, 1.54) is 12.1 Å². The number of carbonyl (C=O) groups is 2. The fourth-order valence-electron chi connectivity index (χ4n) is 4.08. The molecule has 4 N–H and O–H groups in total. The second kappa shape index (κ2) is 10.6. The highest BCUT2D eigenvalue weighted by Crippen LogP contribution is 2.39. The van der Waals surface area contributed by atoms with Crippen molar-refractivity contribution >= 4 is 11.8 Å². The third kappa shape index (κ3) is 5.19. The summed E-state index contributed by atoms with van der Waals surface area (Å²) in [5.41, 5.74) is 14.3. The van der Waals surface area contributed by atoms with Crippen molar-refractivity contribution in [2.75, 3.05) is 0 Å². The SMILES string of the molecule is NC(=O)c1ccc(C(N)=O)c(-c2ccc(Oc3ccncc3)cc2)c1-c1ccc(Oc2ccncc2)cc1. The van der Waals surface area contributed by atoms with E-state index in [9.17, 15) is 9.59 Å². The minimum absolute atomic E-state index is 0.255. The van der Waals surface area contributed by atoms with Crippen molar-refractivity contribution in [2.24, 2.45) is 11.5 Å². The van der Waals surface area contributed by atoms with Crippen molar-refractivity contribution in [3.05, 3.63) is 121 Å². The maximum Gasteiger partial charge on any atom is 0.249 e. The lowest BCUT2D eigenvalue weighted by molar-refractivity contribution is 0.0989. The van der Waals surface area contributed by atoms with Gasteiger partial charge in [0, 0.05) is 47.0 Å². The Balaban J connectivity index is 1.58. The van der Waals surface area contributed by atoms with Crippen molar-refractivity contribution in [1.29, 1.82) is 0 Å². The van der Waals surface area contributed by atoms with Crippen LogP contribution in [-0.2, 0) is 0 Å². The standard InChI is InChI=1S/C30H22N4O4/c31-29(35)25-9-10-26(30(32)36)28(20-3-7-22(8-4-20)38-24-13-17-34-18-14-24)27(25)19-1-5-21(6-2-19)37-23-11-15-33-16-12-23/h1-18H,(H2,31,35)(H2,32,36). The number of amides is 2. The number of rotatable bonds is 8. The fraction of sp³-hybridized carbons (Fsp3) is 0. The molecule has 0 atom stereocenters. The summed E-state index contributed by atoms with van der Waals surface area (Å²) in [6.07, 6.45) is 6.55. The Hall–Kier alpha value is -5.50. The van der Waals surface area contributed by atoms with Gasteiger partial charge in [0.15, 0.2) is 0 Å². The van der Waals surface area contributed by atoms with E-state index < -0.39 is 11.8 Å². The van der Waals surface area contributed by atoms with Crippen molar-refractivity contribution < 1.29 is 19.1 Å². The Kier molecular flexibility index (Phi) is 6.77. The molecular weight excluding hydrogens is 480 g/mol. The van der Waals surface area contributed by atoms with Gasteiger partial charge < -0.3 is 20.9 Å². The monoisotopic (exact) mass is 502 g/mol. The molecule has 2 heterocycles. The third-order valence-corrected chi connectivity index (χ3v) is 5.79. The molecule has 3 aromatic carbocycles. The number of nitrogens with two attached hydrogens (primary N) is 2. The van der Waals surface area contributed by atoms with Gasteiger partial charge in [-0.2, -0.15) is 0 Å². The van der Waals surface area contributed by atoms with Crippen LogP contribution < -0.4 is 20.9 Å². The van der Waals surface area contributed by atoms with E-state index in [1.54, 1.807) is 97.6 Å². The van der Waals surface area contributed by atoms with E-state index in [2.05, 4.69) is 9.97 Å². The predicted molar refractivity (Wildman–Crippen MR) is 143 cm³/mol. The molecule has 38 heavy (non-hydrogen) atoms. The number of aromatic nitrogens is 2. The van der Waals surface area contributed by atoms with Gasteiger partial charge in [0.1, 0.15) is 23.0 Å². The molecule has 0 bridgehead atoms. The van der Waals surface area contributed by atoms with Crippen LogP contribution in [0.1, 0.15) is 20.7 Å². The Bertz CT molecular complexity index is 1470. The maximum atomic E-state index is 12.5. The molecule has 0 aliphatic carbocycles. The third-order valence-electron chi connectivity index (χ3n) is 5.79. The lowest BCUT2D eigenvalue weighted by Crippen LogP contribution is -2.17. The van der Waals surface area contributed by atoms with E-state index in [0.717, 1.165) is 0 Å². The van der Waals surface area contributed by atoms with Crippen LogP contribution in [0.2, 0.25) is 0 Å². The molecule has 2 aromatic heterocycles. The number of pyridine rings is 2. The number of primary amides is 2. The Morgan fingerprint density at radius 2 is 0.789 bits per heavy atom. The number of hydrogen-bond acceptors (Lipinski definition) is 6. The molecule has 0 aliphatic rings. The molecule has 0 saturated carbocycles. The number of nitrogens with zero attached hydrogens (tertiary/aromatic N) is 2. The van der Waals surface area contributed by atoms with Gasteiger partial charge in [0.05, 0.1) is 0 Å². The van der Waals surface area contributed by atoms with Crippen LogP contribution in [0.5, 0.6) is 23.0 Å². The summed E-state index contributed by atoms with van der Waals surface area (Å²) >= 11 is 0. The summed E-state index contributed by atoms with van der Waals surface area (Å²) in [7, 11) is 0. The lowest BCUT2D eigenvalue weighted by atomic mass is 9.86. The molecule has 186 valence electrons. The van der Waals surface area contributed by atoms with E-state index in [1.807, 2.05) is 0 Å². The van der Waals surface area contributed by atoms with E-state index in [0.29, 0.717) is 45.3 Å². The van der Waals surface area contributed by atoms with Gasteiger partial charge >= 0.3 is 0 Å². The first-order valence-corrected chi connectivity index (χ1v) is 11.6. The number of carbonyl (C=O) groups excluding carboxylic acids is 2. The van der Waals surface area contributed by atoms with Gasteiger partial charge in [-0.15, -0.1) is 0 Å². The van der Waals surface area contributed by atoms with Gasteiger partial charge in [-0.3, -0.25) is 19.6 Å². The minimum Gasteiger partial charge on any atom is -0.457 e. The van der Waals surface area contributed by atoms with Crippen molar-refractivity contribution in [3.8, 4) is 45.3 Å². The van der Waals surface area contributed by atoms with Gasteiger partial charge in [-0.05, 0) is 71.8 Å². The molecular formula is C30H22N4O4. The van der Waals surface area contributed by atoms with Crippen LogP contribution in [0.25, 0.3) is 22.3 Å². The highest BCUT2D eigenvalue weighted by molar-refractivity contribution is 6.10. The first-order chi connectivity index (χ1) is 18.5. The maximum absolute atomic E-state index is 12.5. The van der Waals surface area contributed by atoms with Gasteiger partial charge in [-0.25, -0.2) is 0 Å². The summed E-state index contributed by atoms with van der Waals surface area (Å²) in [6, 6.07) is 24.3. The topological polar surface area (TPSA) is 130 Å².